The molecule has 1 saturated heterocycles. The van der Waals surface area contributed by atoms with Gasteiger partial charge in [-0.3, -0.25) is 14.5 Å². The molecule has 1 aliphatic rings. The van der Waals surface area contributed by atoms with E-state index in [0.29, 0.717) is 29.6 Å². The van der Waals surface area contributed by atoms with E-state index in [1.807, 2.05) is 77.9 Å². The molecule has 33 heavy (non-hydrogen) atoms. The number of para-hydroxylation sites is 1. The van der Waals surface area contributed by atoms with Crippen LogP contribution in [0.3, 0.4) is 0 Å². The Morgan fingerprint density at radius 1 is 1.09 bits per heavy atom. The number of carbonyl (C=O) groups excluding carboxylic acids is 2. The van der Waals surface area contributed by atoms with E-state index in [4.69, 9.17) is 17.0 Å². The Kier molecular flexibility index (Phi) is 7.36. The molecule has 1 fully saturated rings. The SMILES string of the molecule is CCOc1ccc(N2C(=O)C(CC(=O)Nc3ccccc3)N(CCc3cccs3)C2=S)cc1. The molecule has 1 N–H and O–H groups in total. The van der Waals surface area contributed by atoms with Gasteiger partial charge in [-0.25, -0.2) is 0 Å². The van der Waals surface area contributed by atoms with Crippen LogP contribution in [0.1, 0.15) is 18.2 Å². The van der Waals surface area contributed by atoms with Gasteiger partial charge in [-0.05, 0) is 73.4 Å². The van der Waals surface area contributed by atoms with Crippen LogP contribution in [0.25, 0.3) is 0 Å². The number of anilines is 2. The predicted molar refractivity (Wildman–Crippen MR) is 136 cm³/mol. The van der Waals surface area contributed by atoms with Crippen LogP contribution in [-0.2, 0) is 16.0 Å². The minimum atomic E-state index is -0.659. The van der Waals surface area contributed by atoms with Gasteiger partial charge < -0.3 is 15.0 Å². The first-order chi connectivity index (χ1) is 16.1. The van der Waals surface area contributed by atoms with E-state index in [1.54, 1.807) is 11.3 Å². The third-order valence-electron chi connectivity index (χ3n) is 5.34. The van der Waals surface area contributed by atoms with Gasteiger partial charge in [0.05, 0.1) is 18.7 Å². The second-order valence-corrected chi connectivity index (χ2v) is 8.94. The molecular formula is C25H25N3O3S2. The van der Waals surface area contributed by atoms with E-state index in [2.05, 4.69) is 11.4 Å². The van der Waals surface area contributed by atoms with E-state index in [-0.39, 0.29) is 18.2 Å². The Morgan fingerprint density at radius 3 is 2.52 bits per heavy atom. The number of thiophene rings is 1. The van der Waals surface area contributed by atoms with Gasteiger partial charge in [-0.15, -0.1) is 11.3 Å². The number of nitrogens with one attached hydrogen (secondary N) is 1. The second-order valence-electron chi connectivity index (χ2n) is 7.54. The van der Waals surface area contributed by atoms with Crippen molar-refractivity contribution in [2.24, 2.45) is 0 Å². The molecule has 1 aliphatic heterocycles. The first-order valence-electron chi connectivity index (χ1n) is 10.8. The molecule has 0 radical (unpaired) electrons. The number of ether oxygens (including phenoxy) is 1. The van der Waals surface area contributed by atoms with Crippen molar-refractivity contribution < 1.29 is 14.3 Å². The van der Waals surface area contributed by atoms with Gasteiger partial charge in [0, 0.05) is 17.1 Å². The van der Waals surface area contributed by atoms with Crippen molar-refractivity contribution in [3.05, 3.63) is 77.0 Å². The summed E-state index contributed by atoms with van der Waals surface area (Å²) in [5.74, 6) is 0.308. The maximum absolute atomic E-state index is 13.5. The van der Waals surface area contributed by atoms with E-state index < -0.39 is 6.04 Å². The van der Waals surface area contributed by atoms with Crippen LogP contribution in [0.2, 0.25) is 0 Å². The largest absolute Gasteiger partial charge is 0.494 e. The van der Waals surface area contributed by atoms with E-state index >= 15 is 0 Å². The summed E-state index contributed by atoms with van der Waals surface area (Å²) in [7, 11) is 0. The second kappa shape index (κ2) is 10.6. The van der Waals surface area contributed by atoms with Gasteiger partial charge in [0.15, 0.2) is 5.11 Å². The lowest BCUT2D eigenvalue weighted by Crippen LogP contribution is -2.39. The molecule has 3 aromatic rings. The molecule has 4 rings (SSSR count). The minimum absolute atomic E-state index is 0.0197. The van der Waals surface area contributed by atoms with Gasteiger partial charge in [0.1, 0.15) is 11.8 Å². The summed E-state index contributed by atoms with van der Waals surface area (Å²) in [5.41, 5.74) is 1.37. The third-order valence-corrected chi connectivity index (χ3v) is 6.69. The number of rotatable bonds is 9. The zero-order valence-corrected chi connectivity index (χ0v) is 19.9. The summed E-state index contributed by atoms with van der Waals surface area (Å²) in [5, 5.41) is 5.32. The summed E-state index contributed by atoms with van der Waals surface area (Å²) in [4.78, 5) is 30.9. The van der Waals surface area contributed by atoms with Crippen molar-refractivity contribution in [1.82, 2.24) is 4.90 Å². The van der Waals surface area contributed by atoms with Crippen molar-refractivity contribution in [3.63, 3.8) is 0 Å². The van der Waals surface area contributed by atoms with E-state index in [0.717, 1.165) is 12.2 Å². The van der Waals surface area contributed by atoms with Gasteiger partial charge in [0.2, 0.25) is 5.91 Å². The Labute approximate surface area is 202 Å². The summed E-state index contributed by atoms with van der Waals surface area (Å²) < 4.78 is 5.51. The van der Waals surface area contributed by atoms with Gasteiger partial charge >= 0.3 is 0 Å². The first kappa shape index (κ1) is 22.9. The quantitative estimate of drug-likeness (QED) is 0.450. The molecule has 2 heterocycles. The lowest BCUT2D eigenvalue weighted by atomic mass is 10.1. The fourth-order valence-corrected chi connectivity index (χ4v) is 4.89. The van der Waals surface area contributed by atoms with Crippen LogP contribution in [0.4, 0.5) is 11.4 Å². The maximum atomic E-state index is 13.5. The van der Waals surface area contributed by atoms with Crippen LogP contribution in [-0.4, -0.2) is 41.0 Å². The fourth-order valence-electron chi connectivity index (χ4n) is 3.78. The predicted octanol–water partition coefficient (Wildman–Crippen LogP) is 4.72. The Morgan fingerprint density at radius 2 is 1.85 bits per heavy atom. The fraction of sp³-hybridized carbons (Fsp3) is 0.240. The third kappa shape index (κ3) is 5.40. The van der Waals surface area contributed by atoms with Crippen molar-refractivity contribution in [2.45, 2.75) is 25.8 Å². The molecule has 0 spiro atoms. The number of benzene rings is 2. The van der Waals surface area contributed by atoms with Gasteiger partial charge in [-0.1, -0.05) is 24.3 Å². The normalized spacial score (nSPS) is 15.7. The van der Waals surface area contributed by atoms with Crippen molar-refractivity contribution in [3.8, 4) is 5.75 Å². The molecule has 170 valence electrons. The highest BCUT2D eigenvalue weighted by Gasteiger charge is 2.43. The lowest BCUT2D eigenvalue weighted by Gasteiger charge is -2.23. The Hall–Kier alpha value is -3.23. The molecule has 0 bridgehead atoms. The molecule has 6 nitrogen and oxygen atoms in total. The number of hydrogen-bond donors (Lipinski definition) is 1. The smallest absolute Gasteiger partial charge is 0.256 e. The zero-order chi connectivity index (χ0) is 23.2. The maximum Gasteiger partial charge on any atom is 0.256 e. The average Bonchev–Trinajstić information content (AvgIpc) is 3.41. The summed E-state index contributed by atoms with van der Waals surface area (Å²) in [6.45, 7) is 3.04. The monoisotopic (exact) mass is 479 g/mol. The topological polar surface area (TPSA) is 61.9 Å². The van der Waals surface area contributed by atoms with Crippen LogP contribution < -0.4 is 15.0 Å². The molecule has 1 aromatic heterocycles. The highest BCUT2D eigenvalue weighted by molar-refractivity contribution is 7.80. The molecule has 0 saturated carbocycles. The number of nitrogens with zero attached hydrogens (tertiary/aromatic N) is 2. The van der Waals surface area contributed by atoms with Crippen LogP contribution in [0.5, 0.6) is 5.75 Å². The van der Waals surface area contributed by atoms with Crippen molar-refractivity contribution in [1.29, 1.82) is 0 Å². The molecular weight excluding hydrogens is 454 g/mol. The summed E-state index contributed by atoms with van der Waals surface area (Å²) >= 11 is 7.40. The number of thiocarbonyl (C=S) groups is 1. The molecule has 2 aromatic carbocycles. The van der Waals surface area contributed by atoms with Crippen molar-refractivity contribution in [2.75, 3.05) is 23.4 Å². The number of amides is 2. The van der Waals surface area contributed by atoms with Crippen LogP contribution in [0, 0.1) is 0 Å². The number of hydrogen-bond acceptors (Lipinski definition) is 5. The van der Waals surface area contributed by atoms with E-state index in [1.165, 1.54) is 9.78 Å². The summed E-state index contributed by atoms with van der Waals surface area (Å²) in [6, 6.07) is 19.9. The molecule has 0 aliphatic carbocycles. The molecule has 1 unspecified atom stereocenters. The van der Waals surface area contributed by atoms with E-state index in [9.17, 15) is 9.59 Å². The highest BCUT2D eigenvalue weighted by atomic mass is 32.1. The van der Waals surface area contributed by atoms with Crippen molar-refractivity contribution >= 4 is 51.9 Å². The van der Waals surface area contributed by atoms with Gasteiger partial charge in [0.25, 0.3) is 5.91 Å². The summed E-state index contributed by atoms with van der Waals surface area (Å²) in [6.07, 6.45) is 0.769. The minimum Gasteiger partial charge on any atom is -0.494 e. The first-order valence-corrected chi connectivity index (χ1v) is 12.1. The van der Waals surface area contributed by atoms with Gasteiger partial charge in [-0.2, -0.15) is 0 Å². The Balaban J connectivity index is 1.54. The van der Waals surface area contributed by atoms with Crippen LogP contribution >= 0.6 is 23.6 Å². The Bertz CT molecular complexity index is 1100. The highest BCUT2D eigenvalue weighted by Crippen LogP contribution is 2.29. The number of carbonyl (C=O) groups is 2. The standard InChI is InChI=1S/C25H25N3O3S2/c1-2-31-20-12-10-19(11-13-20)28-24(30)22(17-23(29)26-18-7-4-3-5-8-18)27(25(28)32)15-14-21-9-6-16-33-21/h3-13,16,22H,2,14-15,17H2,1H3,(H,26,29). The molecule has 2 amide bonds. The lowest BCUT2D eigenvalue weighted by molar-refractivity contribution is -0.124. The zero-order valence-electron chi connectivity index (χ0n) is 18.3. The average molecular weight is 480 g/mol. The molecule has 8 heteroatoms. The van der Waals surface area contributed by atoms with Crippen LogP contribution in [0.15, 0.2) is 72.1 Å². The molecule has 1 atom stereocenters.